The summed E-state index contributed by atoms with van der Waals surface area (Å²) in [5.41, 5.74) is 3.29. The van der Waals surface area contributed by atoms with E-state index < -0.39 is 11.3 Å². The lowest BCUT2D eigenvalue weighted by molar-refractivity contribution is -0.130. The molecule has 1 fully saturated rings. The maximum Gasteiger partial charge on any atom is 0.286 e. The number of hydrogen-bond acceptors (Lipinski definition) is 5. The number of aromatic nitrogens is 1. The van der Waals surface area contributed by atoms with E-state index in [1.807, 2.05) is 0 Å². The van der Waals surface area contributed by atoms with Crippen molar-refractivity contribution in [2.45, 2.75) is 5.37 Å². The molecule has 7 nitrogen and oxygen atoms in total. The van der Waals surface area contributed by atoms with E-state index >= 15 is 0 Å². The highest BCUT2D eigenvalue weighted by Crippen LogP contribution is 2.42. The van der Waals surface area contributed by atoms with Gasteiger partial charge in [-0.2, -0.15) is 0 Å². The molecular formula is C15H13Br2N3O4S. The van der Waals surface area contributed by atoms with E-state index in [1.165, 1.54) is 35.0 Å². The number of phenols is 2. The summed E-state index contributed by atoms with van der Waals surface area (Å²) >= 11 is 7.93. The van der Waals surface area contributed by atoms with Crippen LogP contribution in [0.2, 0.25) is 0 Å². The predicted molar refractivity (Wildman–Crippen MR) is 100 cm³/mol. The zero-order valence-corrected chi connectivity index (χ0v) is 16.9. The number of halogens is 2. The molecule has 3 rings (SSSR count). The number of carbonyl (C=O) groups is 2. The Bertz CT molecular complexity index is 871. The molecule has 2 heterocycles. The van der Waals surface area contributed by atoms with Gasteiger partial charge >= 0.3 is 0 Å². The summed E-state index contributed by atoms with van der Waals surface area (Å²) in [6.07, 6.45) is 0. The molecule has 2 aromatic rings. The minimum atomic E-state index is -0.629. The first-order chi connectivity index (χ1) is 11.8. The van der Waals surface area contributed by atoms with Crippen molar-refractivity contribution in [2.75, 3.05) is 5.75 Å². The van der Waals surface area contributed by atoms with Crippen molar-refractivity contribution in [3.8, 4) is 11.5 Å². The second kappa shape index (κ2) is 6.93. The van der Waals surface area contributed by atoms with Gasteiger partial charge in [0, 0.05) is 12.6 Å². The number of rotatable bonds is 3. The highest BCUT2D eigenvalue weighted by molar-refractivity contribution is 9.13. The molecule has 25 heavy (non-hydrogen) atoms. The SMILES string of the molecule is Cn1c(C(=O)NN2C(=O)CSC2c2cc(O)ccc2O)cc(Br)c1Br. The van der Waals surface area contributed by atoms with Gasteiger partial charge in [-0.05, 0) is 56.1 Å². The molecule has 0 bridgehead atoms. The van der Waals surface area contributed by atoms with E-state index in [9.17, 15) is 19.8 Å². The molecule has 0 radical (unpaired) electrons. The van der Waals surface area contributed by atoms with Gasteiger partial charge in [-0.15, -0.1) is 11.8 Å². The Hall–Kier alpha value is -1.65. The molecule has 0 aliphatic carbocycles. The Morgan fingerprint density at radius 2 is 2.04 bits per heavy atom. The van der Waals surface area contributed by atoms with Crippen molar-refractivity contribution in [3.63, 3.8) is 0 Å². The van der Waals surface area contributed by atoms with Gasteiger partial charge in [-0.3, -0.25) is 15.0 Å². The number of nitrogens with zero attached hydrogens (tertiary/aromatic N) is 2. The first-order valence-corrected chi connectivity index (χ1v) is 9.70. The topological polar surface area (TPSA) is 94.8 Å². The number of hydrogen-bond donors (Lipinski definition) is 3. The fourth-order valence-electron chi connectivity index (χ4n) is 2.44. The predicted octanol–water partition coefficient (Wildman–Crippen LogP) is 2.88. The average molecular weight is 491 g/mol. The fraction of sp³-hybridized carbons (Fsp3) is 0.200. The highest BCUT2D eigenvalue weighted by Gasteiger charge is 2.36. The van der Waals surface area contributed by atoms with Crippen LogP contribution >= 0.6 is 43.6 Å². The van der Waals surface area contributed by atoms with Crippen LogP contribution in [-0.4, -0.2) is 37.4 Å². The average Bonchev–Trinajstić information content (AvgIpc) is 3.05. The van der Waals surface area contributed by atoms with Gasteiger partial charge in [0.1, 0.15) is 22.6 Å². The lowest BCUT2D eigenvalue weighted by Gasteiger charge is -2.25. The molecule has 0 spiro atoms. The van der Waals surface area contributed by atoms with Gasteiger partial charge in [0.05, 0.1) is 14.8 Å². The van der Waals surface area contributed by atoms with Crippen molar-refractivity contribution in [1.29, 1.82) is 0 Å². The zero-order valence-electron chi connectivity index (χ0n) is 12.9. The lowest BCUT2D eigenvalue weighted by atomic mass is 10.2. The number of aromatic hydroxyl groups is 2. The molecule has 1 atom stereocenters. The Balaban J connectivity index is 1.89. The molecule has 132 valence electrons. The number of amides is 2. The Morgan fingerprint density at radius 1 is 1.32 bits per heavy atom. The third-order valence-electron chi connectivity index (χ3n) is 3.72. The largest absolute Gasteiger partial charge is 0.508 e. The first-order valence-electron chi connectivity index (χ1n) is 7.07. The van der Waals surface area contributed by atoms with Crippen LogP contribution in [0.25, 0.3) is 0 Å². The fourth-order valence-corrected chi connectivity index (χ4v) is 4.36. The van der Waals surface area contributed by atoms with Gasteiger partial charge in [-0.1, -0.05) is 0 Å². The molecule has 1 aromatic carbocycles. The van der Waals surface area contributed by atoms with Gasteiger partial charge in [0.2, 0.25) is 0 Å². The molecule has 10 heteroatoms. The van der Waals surface area contributed by atoms with E-state index in [-0.39, 0.29) is 23.2 Å². The summed E-state index contributed by atoms with van der Waals surface area (Å²) in [5.74, 6) is -0.698. The quantitative estimate of drug-likeness (QED) is 0.575. The summed E-state index contributed by atoms with van der Waals surface area (Å²) in [6, 6.07) is 5.70. The van der Waals surface area contributed by atoms with Crippen molar-refractivity contribution < 1.29 is 19.8 Å². The first kappa shape index (κ1) is 18.2. The minimum Gasteiger partial charge on any atom is -0.508 e. The monoisotopic (exact) mass is 489 g/mol. The summed E-state index contributed by atoms with van der Waals surface area (Å²) < 4.78 is 3.04. The summed E-state index contributed by atoms with van der Waals surface area (Å²) in [4.78, 5) is 24.8. The van der Waals surface area contributed by atoms with E-state index in [4.69, 9.17) is 0 Å². The number of thioether (sulfide) groups is 1. The second-order valence-electron chi connectivity index (χ2n) is 5.34. The molecule has 1 aromatic heterocycles. The van der Waals surface area contributed by atoms with Gasteiger partial charge in [0.15, 0.2) is 0 Å². The molecule has 2 amide bonds. The Morgan fingerprint density at radius 3 is 2.68 bits per heavy atom. The van der Waals surface area contributed by atoms with Crippen LogP contribution in [0.4, 0.5) is 0 Å². The molecule has 3 N–H and O–H groups in total. The van der Waals surface area contributed by atoms with Crippen molar-refractivity contribution in [3.05, 3.63) is 44.6 Å². The van der Waals surface area contributed by atoms with E-state index in [0.717, 1.165) is 0 Å². The lowest BCUT2D eigenvalue weighted by Crippen LogP contribution is -2.45. The number of hydrazine groups is 1. The molecule has 1 aliphatic rings. The number of carbonyl (C=O) groups excluding carboxylic acids is 2. The zero-order chi connectivity index (χ0) is 18.3. The van der Waals surface area contributed by atoms with Crippen molar-refractivity contribution in [2.24, 2.45) is 7.05 Å². The normalized spacial score (nSPS) is 17.2. The molecule has 0 saturated carbocycles. The van der Waals surface area contributed by atoms with E-state index in [2.05, 4.69) is 37.3 Å². The molecular weight excluding hydrogens is 478 g/mol. The smallest absolute Gasteiger partial charge is 0.286 e. The van der Waals surface area contributed by atoms with Crippen LogP contribution in [0.3, 0.4) is 0 Å². The minimum absolute atomic E-state index is 0.0330. The van der Waals surface area contributed by atoms with Gasteiger partial charge in [-0.25, -0.2) is 5.01 Å². The van der Waals surface area contributed by atoms with E-state index in [0.29, 0.717) is 20.3 Å². The Labute approximate surface area is 164 Å². The van der Waals surface area contributed by atoms with Crippen LogP contribution in [0.15, 0.2) is 33.3 Å². The standard InChI is InChI=1S/C15H13Br2N3O4S/c1-19-10(5-9(16)13(19)17)14(24)18-20-12(23)6-25-15(20)8-4-7(21)2-3-11(8)22/h2-5,15,21-22H,6H2,1H3,(H,18,24). The third-order valence-corrected chi connectivity index (χ3v) is 7.01. The van der Waals surface area contributed by atoms with Crippen LogP contribution in [0.1, 0.15) is 21.4 Å². The Kier molecular flexibility index (Phi) is 5.03. The number of phenolic OH excluding ortho intramolecular Hbond substituents is 2. The highest BCUT2D eigenvalue weighted by atomic mass is 79.9. The van der Waals surface area contributed by atoms with Crippen molar-refractivity contribution >= 4 is 55.4 Å². The summed E-state index contributed by atoms with van der Waals surface area (Å²) in [6.45, 7) is 0. The van der Waals surface area contributed by atoms with Crippen LogP contribution in [-0.2, 0) is 11.8 Å². The van der Waals surface area contributed by atoms with Gasteiger partial charge < -0.3 is 14.8 Å². The molecule has 1 aliphatic heterocycles. The molecule has 1 unspecified atom stereocenters. The van der Waals surface area contributed by atoms with Crippen molar-refractivity contribution in [1.82, 2.24) is 15.0 Å². The van der Waals surface area contributed by atoms with E-state index in [1.54, 1.807) is 17.7 Å². The third kappa shape index (κ3) is 3.38. The molecule has 1 saturated heterocycles. The summed E-state index contributed by atoms with van der Waals surface area (Å²) in [5, 5.41) is 20.2. The maximum atomic E-state index is 12.6. The summed E-state index contributed by atoms with van der Waals surface area (Å²) in [7, 11) is 1.71. The second-order valence-corrected chi connectivity index (χ2v) is 8.01. The van der Waals surface area contributed by atoms with Gasteiger partial charge in [0.25, 0.3) is 11.8 Å². The van der Waals surface area contributed by atoms with Crippen LogP contribution < -0.4 is 5.43 Å². The number of nitrogens with one attached hydrogen (secondary N) is 1. The van der Waals surface area contributed by atoms with Crippen LogP contribution in [0.5, 0.6) is 11.5 Å². The number of benzene rings is 1. The van der Waals surface area contributed by atoms with Crippen LogP contribution in [0, 0.1) is 0 Å². The maximum absolute atomic E-state index is 12.6.